The van der Waals surface area contributed by atoms with Gasteiger partial charge in [0.25, 0.3) is 0 Å². The maximum atomic E-state index is 11.3. The van der Waals surface area contributed by atoms with Crippen molar-refractivity contribution < 1.29 is 9.53 Å². The summed E-state index contributed by atoms with van der Waals surface area (Å²) in [5, 5.41) is 0. The number of carbonyl (C=O) groups is 1. The van der Waals surface area contributed by atoms with Crippen molar-refractivity contribution in [3.8, 4) is 0 Å². The highest BCUT2D eigenvalue weighted by Crippen LogP contribution is 2.43. The largest absolute Gasteiger partial charge is 0.469 e. The van der Waals surface area contributed by atoms with Gasteiger partial charge in [-0.3, -0.25) is 4.79 Å². The van der Waals surface area contributed by atoms with E-state index in [1.165, 1.54) is 7.11 Å². The molecule has 3 nitrogen and oxygen atoms in total. The van der Waals surface area contributed by atoms with Crippen LogP contribution in [-0.4, -0.2) is 18.6 Å². The zero-order valence-electron chi connectivity index (χ0n) is 7.96. The summed E-state index contributed by atoms with van der Waals surface area (Å²) in [6, 6.07) is 0. The van der Waals surface area contributed by atoms with Crippen LogP contribution in [0.2, 0.25) is 0 Å². The second kappa shape index (κ2) is 3.05. The molecule has 0 aromatic heterocycles. The van der Waals surface area contributed by atoms with E-state index in [0.717, 1.165) is 12.8 Å². The maximum Gasteiger partial charge on any atom is 0.310 e. The Kier molecular flexibility index (Phi) is 2.42. The first-order valence-corrected chi connectivity index (χ1v) is 4.38. The van der Waals surface area contributed by atoms with Gasteiger partial charge in [-0.1, -0.05) is 13.8 Å². The van der Waals surface area contributed by atoms with Gasteiger partial charge in [0, 0.05) is 5.54 Å². The minimum Gasteiger partial charge on any atom is -0.469 e. The minimum absolute atomic E-state index is 0.123. The van der Waals surface area contributed by atoms with Gasteiger partial charge in [-0.25, -0.2) is 0 Å². The third-order valence-electron chi connectivity index (χ3n) is 2.57. The molecular weight excluding hydrogens is 154 g/mol. The van der Waals surface area contributed by atoms with Crippen LogP contribution in [0, 0.1) is 11.8 Å². The van der Waals surface area contributed by atoms with Gasteiger partial charge in [0.05, 0.1) is 13.0 Å². The second-order valence-corrected chi connectivity index (χ2v) is 3.98. The number of carbonyl (C=O) groups excluding carboxylic acids is 1. The molecule has 0 aliphatic heterocycles. The lowest BCUT2D eigenvalue weighted by Crippen LogP contribution is -2.41. The summed E-state index contributed by atoms with van der Waals surface area (Å²) < 4.78 is 4.72. The van der Waals surface area contributed by atoms with Gasteiger partial charge < -0.3 is 10.5 Å². The van der Waals surface area contributed by atoms with E-state index < -0.39 is 0 Å². The van der Waals surface area contributed by atoms with Gasteiger partial charge in [0.2, 0.25) is 0 Å². The third kappa shape index (κ3) is 1.61. The predicted molar refractivity (Wildman–Crippen MR) is 46.5 cm³/mol. The zero-order chi connectivity index (χ0) is 9.35. The molecule has 2 N–H and O–H groups in total. The third-order valence-corrected chi connectivity index (χ3v) is 2.57. The van der Waals surface area contributed by atoms with Gasteiger partial charge in [0.15, 0.2) is 0 Å². The summed E-state index contributed by atoms with van der Waals surface area (Å²) in [7, 11) is 1.42. The van der Waals surface area contributed by atoms with Crippen LogP contribution >= 0.6 is 0 Å². The highest BCUT2D eigenvalue weighted by molar-refractivity contribution is 5.75. The maximum absolute atomic E-state index is 11.3. The van der Waals surface area contributed by atoms with Crippen LogP contribution in [0.3, 0.4) is 0 Å². The molecule has 0 saturated heterocycles. The number of hydrogen-bond donors (Lipinski definition) is 1. The van der Waals surface area contributed by atoms with E-state index in [-0.39, 0.29) is 23.3 Å². The molecule has 1 aliphatic carbocycles. The molecule has 0 amide bonds. The first-order chi connectivity index (χ1) is 5.51. The van der Waals surface area contributed by atoms with E-state index in [1.807, 2.05) is 13.8 Å². The summed E-state index contributed by atoms with van der Waals surface area (Å²) in [4.78, 5) is 11.3. The molecule has 1 fully saturated rings. The molecule has 0 aromatic rings. The molecule has 0 radical (unpaired) electrons. The van der Waals surface area contributed by atoms with E-state index in [0.29, 0.717) is 0 Å². The van der Waals surface area contributed by atoms with E-state index in [9.17, 15) is 4.79 Å². The summed E-state index contributed by atoms with van der Waals surface area (Å²) in [5.41, 5.74) is 5.70. The number of esters is 1. The molecule has 1 saturated carbocycles. The van der Waals surface area contributed by atoms with Crippen molar-refractivity contribution in [2.45, 2.75) is 32.2 Å². The number of nitrogens with two attached hydrogens (primary N) is 1. The monoisotopic (exact) mass is 171 g/mol. The van der Waals surface area contributed by atoms with Crippen molar-refractivity contribution >= 4 is 5.97 Å². The molecule has 0 heterocycles. The highest BCUT2D eigenvalue weighted by atomic mass is 16.5. The average molecular weight is 171 g/mol. The average Bonchev–Trinajstić information content (AvgIpc) is 2.67. The van der Waals surface area contributed by atoms with E-state index >= 15 is 0 Å². The van der Waals surface area contributed by atoms with Crippen molar-refractivity contribution in [1.82, 2.24) is 0 Å². The Hall–Kier alpha value is -0.570. The highest BCUT2D eigenvalue weighted by Gasteiger charge is 2.50. The van der Waals surface area contributed by atoms with E-state index in [4.69, 9.17) is 10.5 Å². The van der Waals surface area contributed by atoms with E-state index in [2.05, 4.69) is 0 Å². The standard InChI is InChI=1S/C9H17NO2/c1-6(2)7(8(11)12-3)9(10)4-5-9/h6-7H,4-5,10H2,1-3H3. The van der Waals surface area contributed by atoms with Crippen molar-refractivity contribution in [2.75, 3.05) is 7.11 Å². The topological polar surface area (TPSA) is 52.3 Å². The minimum atomic E-state index is -0.263. The lowest BCUT2D eigenvalue weighted by molar-refractivity contribution is -0.148. The molecule has 1 unspecified atom stereocenters. The summed E-state index contributed by atoms with van der Waals surface area (Å²) in [6.45, 7) is 4.02. The van der Waals surface area contributed by atoms with Crippen molar-refractivity contribution in [2.24, 2.45) is 17.6 Å². The van der Waals surface area contributed by atoms with Gasteiger partial charge in [0.1, 0.15) is 0 Å². The molecule has 70 valence electrons. The van der Waals surface area contributed by atoms with Gasteiger partial charge in [-0.05, 0) is 18.8 Å². The number of ether oxygens (including phenoxy) is 1. The molecule has 1 rings (SSSR count). The van der Waals surface area contributed by atoms with Crippen LogP contribution in [0.5, 0.6) is 0 Å². The summed E-state index contributed by atoms with van der Waals surface area (Å²) in [5.74, 6) is -0.0163. The molecule has 0 spiro atoms. The molecular formula is C9H17NO2. The van der Waals surface area contributed by atoms with E-state index in [1.54, 1.807) is 0 Å². The number of methoxy groups -OCH3 is 1. The van der Waals surface area contributed by atoms with Crippen molar-refractivity contribution in [3.05, 3.63) is 0 Å². The normalized spacial score (nSPS) is 22.1. The molecule has 12 heavy (non-hydrogen) atoms. The van der Waals surface area contributed by atoms with Gasteiger partial charge in [-0.15, -0.1) is 0 Å². The number of hydrogen-bond acceptors (Lipinski definition) is 3. The number of rotatable bonds is 3. The Balaban J connectivity index is 2.68. The van der Waals surface area contributed by atoms with Crippen LogP contribution in [0.4, 0.5) is 0 Å². The molecule has 0 aromatic carbocycles. The Morgan fingerprint density at radius 3 is 2.25 bits per heavy atom. The first-order valence-electron chi connectivity index (χ1n) is 4.38. The fraction of sp³-hybridized carbons (Fsp3) is 0.889. The summed E-state index contributed by atoms with van der Waals surface area (Å²) >= 11 is 0. The smallest absolute Gasteiger partial charge is 0.310 e. The molecule has 3 heteroatoms. The van der Waals surface area contributed by atoms with Crippen LogP contribution in [0.1, 0.15) is 26.7 Å². The lowest BCUT2D eigenvalue weighted by Gasteiger charge is -2.24. The fourth-order valence-electron chi connectivity index (χ4n) is 1.75. The molecule has 1 aliphatic rings. The quantitative estimate of drug-likeness (QED) is 0.642. The van der Waals surface area contributed by atoms with Crippen LogP contribution in [-0.2, 0) is 9.53 Å². The van der Waals surface area contributed by atoms with Gasteiger partial charge in [-0.2, -0.15) is 0 Å². The lowest BCUT2D eigenvalue weighted by atomic mass is 9.87. The zero-order valence-corrected chi connectivity index (χ0v) is 7.96. The molecule has 1 atom stereocenters. The predicted octanol–water partition coefficient (Wildman–Crippen LogP) is 0.923. The van der Waals surface area contributed by atoms with Gasteiger partial charge >= 0.3 is 5.97 Å². The Labute approximate surface area is 73.3 Å². The fourth-order valence-corrected chi connectivity index (χ4v) is 1.75. The first kappa shape index (κ1) is 9.52. The van der Waals surface area contributed by atoms with Crippen molar-refractivity contribution in [1.29, 1.82) is 0 Å². The van der Waals surface area contributed by atoms with Crippen LogP contribution < -0.4 is 5.73 Å². The Bertz CT molecular complexity index is 185. The Morgan fingerprint density at radius 2 is 2.00 bits per heavy atom. The van der Waals surface area contributed by atoms with Crippen LogP contribution in [0.25, 0.3) is 0 Å². The molecule has 0 bridgehead atoms. The Morgan fingerprint density at radius 1 is 1.50 bits per heavy atom. The SMILES string of the molecule is COC(=O)C(C(C)C)C1(N)CC1. The van der Waals surface area contributed by atoms with Crippen LogP contribution in [0.15, 0.2) is 0 Å². The summed E-state index contributed by atoms with van der Waals surface area (Å²) in [6.07, 6.45) is 1.90. The van der Waals surface area contributed by atoms with Crippen molar-refractivity contribution in [3.63, 3.8) is 0 Å². The second-order valence-electron chi connectivity index (χ2n) is 3.98.